The summed E-state index contributed by atoms with van der Waals surface area (Å²) in [6.07, 6.45) is 2.34. The molecule has 100 valence electrons. The maximum atomic E-state index is 11.3. The van der Waals surface area contributed by atoms with E-state index in [1.165, 1.54) is 0 Å². The highest BCUT2D eigenvalue weighted by Gasteiger charge is 2.07. The van der Waals surface area contributed by atoms with Crippen LogP contribution in [0.1, 0.15) is 25.3 Å². The van der Waals surface area contributed by atoms with Gasteiger partial charge in [-0.2, -0.15) is 0 Å². The van der Waals surface area contributed by atoms with Gasteiger partial charge in [0.05, 0.1) is 0 Å². The minimum Gasteiger partial charge on any atom is -0.448 e. The molecule has 0 bridgehead atoms. The smallest absolute Gasteiger partial charge is 0.407 e. The van der Waals surface area contributed by atoms with E-state index in [0.29, 0.717) is 13.0 Å². The second kappa shape index (κ2) is 8.53. The predicted molar refractivity (Wildman–Crippen MR) is 72.4 cm³/mol. The molecular formula is C14H22N2O2. The fourth-order valence-electron chi connectivity index (χ4n) is 1.58. The standard InChI is InChI=1S/C14H22N2O2/c1-2-3-9-16-14(17)18-11-13(15)10-12-7-5-4-6-8-12/h4-8,13H,2-3,9-11,15H2,1H3,(H,16,17). The van der Waals surface area contributed by atoms with Crippen molar-refractivity contribution in [3.05, 3.63) is 35.9 Å². The number of hydrogen-bond acceptors (Lipinski definition) is 3. The highest BCUT2D eigenvalue weighted by molar-refractivity contribution is 5.67. The zero-order valence-corrected chi connectivity index (χ0v) is 10.9. The summed E-state index contributed by atoms with van der Waals surface area (Å²) < 4.78 is 5.05. The molecule has 0 spiro atoms. The number of ether oxygens (including phenoxy) is 1. The summed E-state index contributed by atoms with van der Waals surface area (Å²) in [7, 11) is 0. The van der Waals surface area contributed by atoms with E-state index in [1.54, 1.807) is 0 Å². The van der Waals surface area contributed by atoms with Gasteiger partial charge >= 0.3 is 6.09 Å². The van der Waals surface area contributed by atoms with Gasteiger partial charge in [0, 0.05) is 12.6 Å². The Hall–Kier alpha value is -1.55. The Morgan fingerprint density at radius 1 is 1.39 bits per heavy atom. The van der Waals surface area contributed by atoms with Gasteiger partial charge in [-0.25, -0.2) is 4.79 Å². The first kappa shape index (κ1) is 14.5. The van der Waals surface area contributed by atoms with E-state index >= 15 is 0 Å². The highest BCUT2D eigenvalue weighted by Crippen LogP contribution is 2.02. The normalized spacial score (nSPS) is 11.9. The van der Waals surface area contributed by atoms with E-state index in [1.807, 2.05) is 30.3 Å². The van der Waals surface area contributed by atoms with Gasteiger partial charge in [-0.15, -0.1) is 0 Å². The Morgan fingerprint density at radius 2 is 2.11 bits per heavy atom. The van der Waals surface area contributed by atoms with Gasteiger partial charge in [-0.05, 0) is 18.4 Å². The van der Waals surface area contributed by atoms with Gasteiger partial charge in [-0.3, -0.25) is 0 Å². The van der Waals surface area contributed by atoms with Gasteiger partial charge in [0.1, 0.15) is 6.61 Å². The molecule has 0 aromatic heterocycles. The Balaban J connectivity index is 2.17. The van der Waals surface area contributed by atoms with E-state index in [9.17, 15) is 4.79 Å². The van der Waals surface area contributed by atoms with Crippen LogP contribution in [0, 0.1) is 0 Å². The minimum atomic E-state index is -0.382. The molecule has 0 saturated carbocycles. The molecule has 1 aromatic carbocycles. The molecule has 0 saturated heterocycles. The number of unbranched alkanes of at least 4 members (excludes halogenated alkanes) is 1. The zero-order valence-electron chi connectivity index (χ0n) is 10.9. The van der Waals surface area contributed by atoms with Crippen molar-refractivity contribution in [2.45, 2.75) is 32.2 Å². The number of rotatable bonds is 7. The lowest BCUT2D eigenvalue weighted by molar-refractivity contribution is 0.139. The SMILES string of the molecule is CCCCNC(=O)OCC(N)Cc1ccccc1. The molecule has 0 fully saturated rings. The van der Waals surface area contributed by atoms with Gasteiger partial charge in [-0.1, -0.05) is 43.7 Å². The molecule has 1 rings (SSSR count). The summed E-state index contributed by atoms with van der Waals surface area (Å²) in [5, 5.41) is 2.69. The second-order valence-electron chi connectivity index (χ2n) is 4.33. The molecular weight excluding hydrogens is 228 g/mol. The van der Waals surface area contributed by atoms with Crippen LogP contribution in [0.4, 0.5) is 4.79 Å². The average Bonchev–Trinajstić information content (AvgIpc) is 2.38. The van der Waals surface area contributed by atoms with Crippen molar-refractivity contribution in [1.29, 1.82) is 0 Å². The van der Waals surface area contributed by atoms with Crippen molar-refractivity contribution >= 4 is 6.09 Å². The van der Waals surface area contributed by atoms with Crippen LogP contribution < -0.4 is 11.1 Å². The van der Waals surface area contributed by atoms with Crippen LogP contribution in [0.15, 0.2) is 30.3 Å². The predicted octanol–water partition coefficient (Wildman–Crippen LogP) is 2.08. The lowest BCUT2D eigenvalue weighted by atomic mass is 10.1. The molecule has 4 heteroatoms. The molecule has 0 aliphatic carbocycles. The van der Waals surface area contributed by atoms with Crippen LogP contribution in [-0.4, -0.2) is 25.3 Å². The van der Waals surface area contributed by atoms with E-state index in [4.69, 9.17) is 10.5 Å². The van der Waals surface area contributed by atoms with Crippen LogP contribution in [0.3, 0.4) is 0 Å². The summed E-state index contributed by atoms with van der Waals surface area (Å²) in [5.74, 6) is 0. The Labute approximate surface area is 109 Å². The van der Waals surface area contributed by atoms with E-state index in [-0.39, 0.29) is 18.7 Å². The second-order valence-corrected chi connectivity index (χ2v) is 4.33. The number of nitrogens with one attached hydrogen (secondary N) is 1. The first-order chi connectivity index (χ1) is 8.72. The lowest BCUT2D eigenvalue weighted by Crippen LogP contribution is -2.33. The maximum Gasteiger partial charge on any atom is 0.407 e. The minimum absolute atomic E-state index is 0.163. The molecule has 1 aromatic rings. The molecule has 1 unspecified atom stereocenters. The molecule has 0 radical (unpaired) electrons. The molecule has 3 N–H and O–H groups in total. The largest absolute Gasteiger partial charge is 0.448 e. The summed E-state index contributed by atoms with van der Waals surface area (Å²) in [4.78, 5) is 11.3. The zero-order chi connectivity index (χ0) is 13.2. The van der Waals surface area contributed by atoms with E-state index in [0.717, 1.165) is 18.4 Å². The van der Waals surface area contributed by atoms with E-state index in [2.05, 4.69) is 12.2 Å². The number of amides is 1. The first-order valence-electron chi connectivity index (χ1n) is 6.42. The number of nitrogens with two attached hydrogens (primary N) is 1. The Kier molecular flexibility index (Phi) is 6.87. The van der Waals surface area contributed by atoms with Crippen molar-refractivity contribution in [1.82, 2.24) is 5.32 Å². The number of carbonyl (C=O) groups is 1. The Morgan fingerprint density at radius 3 is 2.78 bits per heavy atom. The fourth-order valence-corrected chi connectivity index (χ4v) is 1.58. The van der Waals surface area contributed by atoms with Crippen LogP contribution >= 0.6 is 0 Å². The van der Waals surface area contributed by atoms with Crippen molar-refractivity contribution < 1.29 is 9.53 Å². The topological polar surface area (TPSA) is 64.3 Å². The third-order valence-corrected chi connectivity index (χ3v) is 2.57. The van der Waals surface area contributed by atoms with Gasteiger partial charge in [0.15, 0.2) is 0 Å². The van der Waals surface area contributed by atoms with Crippen LogP contribution in [0.25, 0.3) is 0 Å². The monoisotopic (exact) mass is 250 g/mol. The molecule has 18 heavy (non-hydrogen) atoms. The molecule has 1 amide bonds. The first-order valence-corrected chi connectivity index (χ1v) is 6.42. The van der Waals surface area contributed by atoms with Crippen LogP contribution in [0.2, 0.25) is 0 Å². The highest BCUT2D eigenvalue weighted by atomic mass is 16.5. The lowest BCUT2D eigenvalue weighted by Gasteiger charge is -2.12. The summed E-state index contributed by atoms with van der Waals surface area (Å²) >= 11 is 0. The van der Waals surface area contributed by atoms with E-state index < -0.39 is 0 Å². The van der Waals surface area contributed by atoms with Crippen molar-refractivity contribution in [3.63, 3.8) is 0 Å². The number of benzene rings is 1. The van der Waals surface area contributed by atoms with Gasteiger partial charge in [0.25, 0.3) is 0 Å². The van der Waals surface area contributed by atoms with Crippen molar-refractivity contribution in [3.8, 4) is 0 Å². The molecule has 1 atom stereocenters. The number of hydrogen-bond donors (Lipinski definition) is 2. The number of alkyl carbamates (subject to hydrolysis) is 1. The van der Waals surface area contributed by atoms with Crippen LogP contribution in [-0.2, 0) is 11.2 Å². The molecule has 0 aliphatic rings. The quantitative estimate of drug-likeness (QED) is 0.728. The fraction of sp³-hybridized carbons (Fsp3) is 0.500. The molecule has 0 aliphatic heterocycles. The number of carbonyl (C=O) groups excluding carboxylic acids is 1. The van der Waals surface area contributed by atoms with Crippen LogP contribution in [0.5, 0.6) is 0 Å². The average molecular weight is 250 g/mol. The van der Waals surface area contributed by atoms with Crippen molar-refractivity contribution in [2.75, 3.05) is 13.2 Å². The van der Waals surface area contributed by atoms with Crippen molar-refractivity contribution in [2.24, 2.45) is 5.73 Å². The summed E-state index contributed by atoms with van der Waals surface area (Å²) in [6.45, 7) is 2.97. The third kappa shape index (κ3) is 6.25. The Bertz CT molecular complexity index is 341. The molecule has 0 heterocycles. The maximum absolute atomic E-state index is 11.3. The summed E-state index contributed by atoms with van der Waals surface area (Å²) in [6, 6.07) is 9.78. The van der Waals surface area contributed by atoms with Gasteiger partial charge in [0.2, 0.25) is 0 Å². The summed E-state index contributed by atoms with van der Waals surface area (Å²) in [5.41, 5.74) is 7.06. The molecule has 4 nitrogen and oxygen atoms in total. The third-order valence-electron chi connectivity index (χ3n) is 2.57. The van der Waals surface area contributed by atoms with Gasteiger partial charge < -0.3 is 15.8 Å².